The quantitative estimate of drug-likeness (QED) is 0.493. The maximum atomic E-state index is 13.0. The van der Waals surface area contributed by atoms with Crippen LogP contribution in [0.3, 0.4) is 0 Å². The molecule has 1 atom stereocenters. The average Bonchev–Trinajstić information content (AvgIpc) is 3.11. The number of carbonyl (C=O) groups excluding carboxylic acids is 2. The molecule has 1 fully saturated rings. The van der Waals surface area contributed by atoms with Crippen LogP contribution in [-0.4, -0.2) is 46.0 Å². The lowest BCUT2D eigenvalue weighted by Gasteiger charge is -2.32. The Morgan fingerprint density at radius 2 is 1.59 bits per heavy atom. The summed E-state index contributed by atoms with van der Waals surface area (Å²) in [6.45, 7) is 2.71. The number of amides is 2. The smallest absolute Gasteiger partial charge is 0.308 e. The van der Waals surface area contributed by atoms with Crippen LogP contribution in [0.25, 0.3) is 0 Å². The topological polar surface area (TPSA) is 77.9 Å². The van der Waals surface area contributed by atoms with E-state index in [1.165, 1.54) is 48.5 Å². The molecular weight excluding hydrogens is 368 g/mol. The van der Waals surface area contributed by atoms with Gasteiger partial charge in [-0.3, -0.25) is 19.4 Å². The predicted octanol–water partition coefficient (Wildman–Crippen LogP) is 4.51. The summed E-state index contributed by atoms with van der Waals surface area (Å²) >= 11 is 0. The van der Waals surface area contributed by atoms with Crippen LogP contribution in [0.2, 0.25) is 0 Å². The second-order valence-corrected chi connectivity index (χ2v) is 7.84. The van der Waals surface area contributed by atoms with Crippen LogP contribution < -0.4 is 0 Å². The van der Waals surface area contributed by atoms with Crippen LogP contribution in [0.15, 0.2) is 30.3 Å². The molecule has 0 aliphatic carbocycles. The van der Waals surface area contributed by atoms with Gasteiger partial charge in [-0.15, -0.1) is 0 Å². The van der Waals surface area contributed by atoms with Crippen molar-refractivity contribution in [1.82, 2.24) is 10.0 Å². The number of nitrogens with zero attached hydrogens (tertiary/aromatic N) is 2. The number of carbonyl (C=O) groups is 3. The second kappa shape index (κ2) is 12.2. The standard InChI is InChI=1S/C23H34N2O4/c1-2-3-4-5-6-7-8-9-13-16-24(22(27)19-14-11-10-12-15-19)25-18-20(23(28)29)17-21(25)26/h10-12,14-15,20H,2-9,13,16-18H2,1H3,(H,28,29). The van der Waals surface area contributed by atoms with E-state index in [4.69, 9.17) is 0 Å². The number of benzene rings is 1. The highest BCUT2D eigenvalue weighted by Crippen LogP contribution is 2.22. The van der Waals surface area contributed by atoms with E-state index in [1.807, 2.05) is 6.07 Å². The number of hydrazine groups is 1. The molecule has 1 unspecified atom stereocenters. The highest BCUT2D eigenvalue weighted by molar-refractivity contribution is 5.96. The molecule has 2 rings (SSSR count). The first-order chi connectivity index (χ1) is 14.0. The van der Waals surface area contributed by atoms with Crippen LogP contribution in [0, 0.1) is 5.92 Å². The van der Waals surface area contributed by atoms with Gasteiger partial charge in [0.1, 0.15) is 0 Å². The van der Waals surface area contributed by atoms with Gasteiger partial charge in [-0.05, 0) is 18.6 Å². The Labute approximate surface area is 173 Å². The molecule has 1 N–H and O–H groups in total. The highest BCUT2D eigenvalue weighted by Gasteiger charge is 2.39. The molecule has 1 aromatic carbocycles. The number of unbranched alkanes of at least 4 members (excludes halogenated alkanes) is 8. The molecule has 29 heavy (non-hydrogen) atoms. The zero-order chi connectivity index (χ0) is 21.1. The van der Waals surface area contributed by atoms with Gasteiger partial charge in [0.05, 0.1) is 12.5 Å². The lowest BCUT2D eigenvalue weighted by atomic mass is 10.1. The Kier molecular flexibility index (Phi) is 9.68. The fourth-order valence-corrected chi connectivity index (χ4v) is 3.72. The summed E-state index contributed by atoms with van der Waals surface area (Å²) < 4.78 is 0. The van der Waals surface area contributed by atoms with Crippen molar-refractivity contribution in [1.29, 1.82) is 0 Å². The first kappa shape index (κ1) is 22.9. The van der Waals surface area contributed by atoms with E-state index in [2.05, 4.69) is 6.92 Å². The maximum Gasteiger partial charge on any atom is 0.308 e. The first-order valence-corrected chi connectivity index (χ1v) is 10.9. The summed E-state index contributed by atoms with van der Waals surface area (Å²) in [4.78, 5) is 36.7. The highest BCUT2D eigenvalue weighted by atomic mass is 16.4. The molecule has 6 nitrogen and oxygen atoms in total. The second-order valence-electron chi connectivity index (χ2n) is 7.84. The number of carboxylic acids is 1. The number of carboxylic acid groups (broad SMARTS) is 1. The van der Waals surface area contributed by atoms with Crippen molar-refractivity contribution < 1.29 is 19.5 Å². The van der Waals surface area contributed by atoms with Crippen molar-refractivity contribution in [2.24, 2.45) is 5.92 Å². The van der Waals surface area contributed by atoms with Gasteiger partial charge in [-0.1, -0.05) is 76.5 Å². The van der Waals surface area contributed by atoms with Crippen molar-refractivity contribution in [3.05, 3.63) is 35.9 Å². The monoisotopic (exact) mass is 402 g/mol. The van der Waals surface area contributed by atoms with E-state index in [0.717, 1.165) is 19.3 Å². The summed E-state index contributed by atoms with van der Waals surface area (Å²) in [5.74, 6) is -2.28. The van der Waals surface area contributed by atoms with E-state index in [9.17, 15) is 19.5 Å². The minimum atomic E-state index is -0.990. The number of aliphatic carboxylic acids is 1. The summed E-state index contributed by atoms with van der Waals surface area (Å²) in [6.07, 6.45) is 10.4. The van der Waals surface area contributed by atoms with E-state index in [1.54, 1.807) is 24.3 Å². The first-order valence-electron chi connectivity index (χ1n) is 10.9. The molecule has 6 heteroatoms. The third-order valence-electron chi connectivity index (χ3n) is 5.47. The van der Waals surface area contributed by atoms with Crippen molar-refractivity contribution in [3.63, 3.8) is 0 Å². The molecule has 1 aliphatic rings. The Bertz CT molecular complexity index is 662. The average molecular weight is 403 g/mol. The van der Waals surface area contributed by atoms with Gasteiger partial charge in [0.2, 0.25) is 5.91 Å². The van der Waals surface area contributed by atoms with Crippen LogP contribution in [0.1, 0.15) is 81.5 Å². The van der Waals surface area contributed by atoms with Crippen LogP contribution in [0.4, 0.5) is 0 Å². The fraction of sp³-hybridized carbons (Fsp3) is 0.609. The van der Waals surface area contributed by atoms with E-state index in [0.29, 0.717) is 12.1 Å². The molecule has 1 aromatic rings. The van der Waals surface area contributed by atoms with Gasteiger partial charge in [-0.2, -0.15) is 0 Å². The van der Waals surface area contributed by atoms with Crippen molar-refractivity contribution in [2.75, 3.05) is 13.1 Å². The van der Waals surface area contributed by atoms with Gasteiger partial charge in [0.25, 0.3) is 5.91 Å². The Balaban J connectivity index is 1.89. The van der Waals surface area contributed by atoms with E-state index >= 15 is 0 Å². The molecular formula is C23H34N2O4. The van der Waals surface area contributed by atoms with Crippen molar-refractivity contribution >= 4 is 17.8 Å². The molecule has 2 amide bonds. The SMILES string of the molecule is CCCCCCCCCCCN(C(=O)c1ccccc1)N1CC(C(=O)O)CC1=O. The van der Waals surface area contributed by atoms with E-state index < -0.39 is 11.9 Å². The molecule has 0 radical (unpaired) electrons. The summed E-state index contributed by atoms with van der Waals surface area (Å²) in [6, 6.07) is 8.86. The lowest BCUT2D eigenvalue weighted by molar-refractivity contribution is -0.141. The molecule has 0 aromatic heterocycles. The third-order valence-corrected chi connectivity index (χ3v) is 5.47. The Morgan fingerprint density at radius 1 is 1.00 bits per heavy atom. The fourth-order valence-electron chi connectivity index (χ4n) is 3.72. The van der Waals surface area contributed by atoms with Crippen molar-refractivity contribution in [2.45, 2.75) is 71.1 Å². The summed E-state index contributed by atoms with van der Waals surface area (Å²) in [7, 11) is 0. The molecule has 1 saturated heterocycles. The number of hydrogen-bond acceptors (Lipinski definition) is 3. The Morgan fingerprint density at radius 3 is 2.14 bits per heavy atom. The summed E-state index contributed by atoms with van der Waals surface area (Å²) in [5, 5.41) is 12.1. The molecule has 0 saturated carbocycles. The van der Waals surface area contributed by atoms with Gasteiger partial charge < -0.3 is 5.11 Å². The maximum absolute atomic E-state index is 13.0. The zero-order valence-corrected chi connectivity index (χ0v) is 17.5. The minimum absolute atomic E-state index is 0.0499. The van der Waals surface area contributed by atoms with Crippen LogP contribution in [-0.2, 0) is 9.59 Å². The predicted molar refractivity (Wildman–Crippen MR) is 112 cm³/mol. The molecule has 160 valence electrons. The summed E-state index contributed by atoms with van der Waals surface area (Å²) in [5.41, 5.74) is 0.509. The third kappa shape index (κ3) is 7.18. The molecule has 1 heterocycles. The van der Waals surface area contributed by atoms with Crippen molar-refractivity contribution in [3.8, 4) is 0 Å². The number of hydrogen-bond donors (Lipinski definition) is 1. The molecule has 0 spiro atoms. The van der Waals surface area contributed by atoms with Gasteiger partial charge in [-0.25, -0.2) is 5.01 Å². The largest absolute Gasteiger partial charge is 0.481 e. The zero-order valence-electron chi connectivity index (χ0n) is 17.5. The van der Waals surface area contributed by atoms with Gasteiger partial charge in [0.15, 0.2) is 0 Å². The van der Waals surface area contributed by atoms with Crippen LogP contribution >= 0.6 is 0 Å². The van der Waals surface area contributed by atoms with Crippen LogP contribution in [0.5, 0.6) is 0 Å². The molecule has 1 aliphatic heterocycles. The minimum Gasteiger partial charge on any atom is -0.481 e. The van der Waals surface area contributed by atoms with Gasteiger partial charge >= 0.3 is 5.97 Å². The Hall–Kier alpha value is -2.37. The van der Waals surface area contributed by atoms with E-state index in [-0.39, 0.29) is 24.8 Å². The molecule has 0 bridgehead atoms. The lowest BCUT2D eigenvalue weighted by Crippen LogP contribution is -2.48. The number of rotatable bonds is 13. The normalized spacial score (nSPS) is 16.2. The van der Waals surface area contributed by atoms with Gasteiger partial charge in [0, 0.05) is 18.5 Å².